The van der Waals surface area contributed by atoms with Gasteiger partial charge >= 0.3 is 0 Å². The van der Waals surface area contributed by atoms with Crippen LogP contribution in [0.3, 0.4) is 0 Å². The monoisotopic (exact) mass is 413 g/mol. The van der Waals surface area contributed by atoms with E-state index in [4.69, 9.17) is 4.42 Å². The molecule has 1 saturated heterocycles. The lowest BCUT2D eigenvalue weighted by Gasteiger charge is -2.34. The first kappa shape index (κ1) is 21.6. The molecule has 0 unspecified atom stereocenters. The zero-order valence-electron chi connectivity index (χ0n) is 18.5. The molecule has 1 aromatic carbocycles. The molecule has 154 valence electrons. The first-order valence-electron chi connectivity index (χ1n) is 11.4. The molecule has 0 radical (unpaired) electrons. The Balaban J connectivity index is 1.80. The molecule has 2 nitrogen and oxygen atoms in total. The van der Waals surface area contributed by atoms with Gasteiger partial charge < -0.3 is 9.32 Å². The van der Waals surface area contributed by atoms with Crippen molar-refractivity contribution in [1.29, 1.82) is 0 Å². The highest BCUT2D eigenvalue weighted by Crippen LogP contribution is 2.33. The van der Waals surface area contributed by atoms with Gasteiger partial charge in [-0.2, -0.15) is 0 Å². The zero-order valence-corrected chi connectivity index (χ0v) is 20.5. The van der Waals surface area contributed by atoms with Crippen molar-refractivity contribution in [3.05, 3.63) is 42.5 Å². The summed E-state index contributed by atoms with van der Waals surface area (Å²) < 4.78 is 6.77. The fraction of sp³-hybridized carbons (Fsp3) is 0.583. The molecule has 4 heteroatoms. The molecule has 2 aromatic rings. The molecule has 28 heavy (non-hydrogen) atoms. The SMILES string of the molecule is CCN(CC)CCC[Si]1(c2ccc([Si](C)(C)c3ccccc3)o2)CCCCC1. The first-order valence-corrected chi connectivity index (χ1v) is 17.0. The van der Waals surface area contributed by atoms with Crippen LogP contribution in [0.25, 0.3) is 0 Å². The van der Waals surface area contributed by atoms with Gasteiger partial charge in [0.2, 0.25) is 0 Å². The lowest BCUT2D eigenvalue weighted by atomic mass is 10.3. The maximum atomic E-state index is 6.77. The average Bonchev–Trinajstić information content (AvgIpc) is 3.25. The Hall–Kier alpha value is -1.11. The highest BCUT2D eigenvalue weighted by atomic mass is 28.3. The van der Waals surface area contributed by atoms with E-state index < -0.39 is 16.1 Å². The summed E-state index contributed by atoms with van der Waals surface area (Å²) in [4.78, 5) is 2.57. The van der Waals surface area contributed by atoms with Crippen LogP contribution in [-0.2, 0) is 0 Å². The van der Waals surface area contributed by atoms with Crippen LogP contribution in [0.4, 0.5) is 0 Å². The average molecular weight is 414 g/mol. The van der Waals surface area contributed by atoms with Crippen LogP contribution in [0.5, 0.6) is 0 Å². The number of rotatable bonds is 9. The van der Waals surface area contributed by atoms with Crippen molar-refractivity contribution in [2.75, 3.05) is 19.6 Å². The second kappa shape index (κ2) is 9.60. The summed E-state index contributed by atoms with van der Waals surface area (Å²) in [7, 11) is -3.23. The molecule has 0 amide bonds. The second-order valence-corrected chi connectivity index (χ2v) is 18.0. The van der Waals surface area contributed by atoms with Gasteiger partial charge in [0.05, 0.1) is 10.8 Å². The Kier molecular flexibility index (Phi) is 7.40. The Morgan fingerprint density at radius 3 is 2.25 bits per heavy atom. The van der Waals surface area contributed by atoms with E-state index in [-0.39, 0.29) is 0 Å². The van der Waals surface area contributed by atoms with E-state index >= 15 is 0 Å². The molecule has 0 saturated carbocycles. The van der Waals surface area contributed by atoms with Crippen LogP contribution in [-0.4, -0.2) is 40.7 Å². The molecular weight excluding hydrogens is 374 g/mol. The third-order valence-electron chi connectivity index (χ3n) is 7.07. The van der Waals surface area contributed by atoms with E-state index in [1.165, 1.54) is 79.4 Å². The number of hydrogen-bond donors (Lipinski definition) is 0. The Morgan fingerprint density at radius 2 is 1.61 bits per heavy atom. The summed E-state index contributed by atoms with van der Waals surface area (Å²) in [6.45, 7) is 13.0. The predicted molar refractivity (Wildman–Crippen MR) is 128 cm³/mol. The molecule has 0 spiro atoms. The number of hydrogen-bond acceptors (Lipinski definition) is 2. The van der Waals surface area contributed by atoms with Crippen molar-refractivity contribution < 1.29 is 4.42 Å². The van der Waals surface area contributed by atoms with Crippen LogP contribution in [0.1, 0.15) is 39.5 Å². The lowest BCUT2D eigenvalue weighted by Crippen LogP contribution is -2.54. The van der Waals surface area contributed by atoms with E-state index in [1.54, 1.807) is 0 Å². The fourth-order valence-corrected chi connectivity index (χ4v) is 12.2. The van der Waals surface area contributed by atoms with Crippen molar-refractivity contribution in [3.63, 3.8) is 0 Å². The van der Waals surface area contributed by atoms with E-state index in [2.05, 4.69) is 74.3 Å². The van der Waals surface area contributed by atoms with Gasteiger partial charge in [0.25, 0.3) is 0 Å². The number of nitrogens with zero attached hydrogens (tertiary/aromatic N) is 1. The molecule has 0 atom stereocenters. The Morgan fingerprint density at radius 1 is 0.929 bits per heavy atom. The Bertz CT molecular complexity index is 715. The third-order valence-corrected chi connectivity index (χ3v) is 15.6. The summed E-state index contributed by atoms with van der Waals surface area (Å²) in [6, 6.07) is 20.0. The molecule has 3 rings (SSSR count). The molecule has 1 aliphatic rings. The lowest BCUT2D eigenvalue weighted by molar-refractivity contribution is 0.304. The summed E-state index contributed by atoms with van der Waals surface area (Å²) in [6.07, 6.45) is 5.58. The van der Waals surface area contributed by atoms with Crippen molar-refractivity contribution in [2.24, 2.45) is 0 Å². The van der Waals surface area contributed by atoms with E-state index in [1.807, 2.05) is 0 Å². The molecule has 0 bridgehead atoms. The van der Waals surface area contributed by atoms with Crippen molar-refractivity contribution in [3.8, 4) is 0 Å². The second-order valence-electron chi connectivity index (χ2n) is 9.13. The maximum Gasteiger partial charge on any atom is 0.156 e. The smallest absolute Gasteiger partial charge is 0.156 e. The standard InChI is InChI=1S/C24H39NOSi2/c1-5-25(6-2)18-13-21-28(19-11-8-12-20-28)24-17-16-23(26-24)27(3,4)22-14-9-7-10-15-22/h7,9-10,14-17H,5-6,8,11-13,18-21H2,1-4H3. The normalized spacial score (nSPS) is 17.2. The van der Waals surface area contributed by atoms with Gasteiger partial charge in [-0.1, -0.05) is 93.8 Å². The first-order chi connectivity index (χ1) is 13.5. The molecule has 0 N–H and O–H groups in total. The molecule has 1 fully saturated rings. The van der Waals surface area contributed by atoms with Gasteiger partial charge in [-0.25, -0.2) is 0 Å². The number of furan rings is 1. The van der Waals surface area contributed by atoms with E-state index in [0.29, 0.717) is 0 Å². The minimum Gasteiger partial charge on any atom is -0.476 e. The summed E-state index contributed by atoms with van der Waals surface area (Å²) in [5.41, 5.74) is 0. The summed E-state index contributed by atoms with van der Waals surface area (Å²) >= 11 is 0. The molecule has 0 aliphatic carbocycles. The fourth-order valence-electron chi connectivity index (χ4n) is 4.98. The van der Waals surface area contributed by atoms with Crippen molar-refractivity contribution >= 4 is 32.1 Å². The van der Waals surface area contributed by atoms with Crippen LogP contribution < -0.4 is 16.0 Å². The minimum atomic E-state index is -1.74. The van der Waals surface area contributed by atoms with Crippen LogP contribution in [0.15, 0.2) is 46.9 Å². The number of benzene rings is 1. The minimum absolute atomic E-state index is 1.17. The maximum absolute atomic E-state index is 6.77. The molecular formula is C24H39NOSi2. The predicted octanol–water partition coefficient (Wildman–Crippen LogP) is 4.67. The van der Waals surface area contributed by atoms with E-state index in [0.717, 1.165) is 0 Å². The van der Waals surface area contributed by atoms with Crippen LogP contribution in [0, 0.1) is 0 Å². The largest absolute Gasteiger partial charge is 0.476 e. The Labute approximate surface area is 174 Å². The third kappa shape index (κ3) is 4.72. The topological polar surface area (TPSA) is 16.4 Å². The highest BCUT2D eigenvalue weighted by Gasteiger charge is 2.40. The van der Waals surface area contributed by atoms with Crippen LogP contribution >= 0.6 is 0 Å². The van der Waals surface area contributed by atoms with Crippen LogP contribution in [0.2, 0.25) is 31.2 Å². The summed E-state index contributed by atoms with van der Waals surface area (Å²) in [5.74, 6) is 0. The van der Waals surface area contributed by atoms with Gasteiger partial charge in [0.1, 0.15) is 8.07 Å². The van der Waals surface area contributed by atoms with Gasteiger partial charge in [-0.15, -0.1) is 0 Å². The van der Waals surface area contributed by atoms with Gasteiger partial charge in [-0.05, 0) is 44.2 Å². The quantitative estimate of drug-likeness (QED) is 0.555. The van der Waals surface area contributed by atoms with Gasteiger partial charge in [-0.3, -0.25) is 0 Å². The van der Waals surface area contributed by atoms with E-state index in [9.17, 15) is 0 Å². The van der Waals surface area contributed by atoms with Crippen molar-refractivity contribution in [1.82, 2.24) is 4.90 Å². The molecule has 1 aliphatic heterocycles. The van der Waals surface area contributed by atoms with Gasteiger partial charge in [0, 0.05) is 0 Å². The highest BCUT2D eigenvalue weighted by molar-refractivity contribution is 7.00. The van der Waals surface area contributed by atoms with Crippen molar-refractivity contribution in [2.45, 2.75) is 70.8 Å². The van der Waals surface area contributed by atoms with Gasteiger partial charge in [0.15, 0.2) is 8.07 Å². The zero-order chi connectivity index (χ0) is 20.0. The molecule has 2 heterocycles. The summed E-state index contributed by atoms with van der Waals surface area (Å²) in [5, 5.41) is 4.16. The molecule has 1 aromatic heterocycles.